The standard InChI is InChI=1S/C10H10BrClO/c1-6-5-10(6,13)7-2-8(11)4-9(12)3-7/h2-4,6,13H,5H2,1H3. The molecule has 1 fully saturated rings. The van der Waals surface area contributed by atoms with E-state index in [0.29, 0.717) is 10.9 Å². The lowest BCUT2D eigenvalue weighted by Crippen LogP contribution is -2.07. The van der Waals surface area contributed by atoms with Gasteiger partial charge in [0.05, 0.1) is 5.60 Å². The Morgan fingerprint density at radius 2 is 2.15 bits per heavy atom. The predicted molar refractivity (Wildman–Crippen MR) is 56.8 cm³/mol. The Morgan fingerprint density at radius 1 is 1.54 bits per heavy atom. The lowest BCUT2D eigenvalue weighted by atomic mass is 10.1. The lowest BCUT2D eigenvalue weighted by Gasteiger charge is -2.10. The Labute approximate surface area is 90.9 Å². The molecule has 3 heteroatoms. The topological polar surface area (TPSA) is 20.2 Å². The first kappa shape index (κ1) is 9.50. The summed E-state index contributed by atoms with van der Waals surface area (Å²) < 4.78 is 0.919. The molecule has 1 aromatic rings. The molecule has 13 heavy (non-hydrogen) atoms. The van der Waals surface area contributed by atoms with Crippen LogP contribution in [0.4, 0.5) is 0 Å². The van der Waals surface area contributed by atoms with E-state index in [4.69, 9.17) is 11.6 Å². The first-order chi connectivity index (χ1) is 6.02. The minimum atomic E-state index is -0.632. The van der Waals surface area contributed by atoms with E-state index in [1.54, 1.807) is 0 Å². The van der Waals surface area contributed by atoms with Gasteiger partial charge >= 0.3 is 0 Å². The zero-order valence-corrected chi connectivity index (χ0v) is 9.56. The molecule has 0 saturated heterocycles. The van der Waals surface area contributed by atoms with Gasteiger partial charge in [0.2, 0.25) is 0 Å². The van der Waals surface area contributed by atoms with Gasteiger partial charge in [-0.25, -0.2) is 0 Å². The Morgan fingerprint density at radius 3 is 2.62 bits per heavy atom. The summed E-state index contributed by atoms with van der Waals surface area (Å²) in [5.41, 5.74) is 0.285. The molecule has 1 nitrogen and oxygen atoms in total. The van der Waals surface area contributed by atoms with E-state index in [2.05, 4.69) is 15.9 Å². The molecular weight excluding hydrogens is 251 g/mol. The summed E-state index contributed by atoms with van der Waals surface area (Å²) in [6.07, 6.45) is 0.833. The Bertz CT molecular complexity index is 333. The van der Waals surface area contributed by atoms with Crippen LogP contribution in [0, 0.1) is 5.92 Å². The molecule has 0 amide bonds. The van der Waals surface area contributed by atoms with Crippen LogP contribution in [0.2, 0.25) is 5.02 Å². The van der Waals surface area contributed by atoms with Crippen LogP contribution in [0.1, 0.15) is 18.9 Å². The van der Waals surface area contributed by atoms with E-state index in [0.717, 1.165) is 16.5 Å². The van der Waals surface area contributed by atoms with Crippen molar-refractivity contribution >= 4 is 27.5 Å². The van der Waals surface area contributed by atoms with Gasteiger partial charge in [-0.1, -0.05) is 34.5 Å². The average molecular weight is 262 g/mol. The quantitative estimate of drug-likeness (QED) is 0.822. The summed E-state index contributed by atoms with van der Waals surface area (Å²) >= 11 is 9.25. The minimum Gasteiger partial charge on any atom is -0.385 e. The van der Waals surface area contributed by atoms with Crippen LogP contribution in [-0.4, -0.2) is 5.11 Å². The number of rotatable bonds is 1. The second kappa shape index (κ2) is 2.97. The van der Waals surface area contributed by atoms with E-state index in [1.807, 2.05) is 25.1 Å². The summed E-state index contributed by atoms with van der Waals surface area (Å²) in [6, 6.07) is 5.58. The Kier molecular flexibility index (Phi) is 2.17. The number of hydrogen-bond acceptors (Lipinski definition) is 1. The molecule has 0 bridgehead atoms. The van der Waals surface area contributed by atoms with Crippen LogP contribution in [-0.2, 0) is 5.60 Å². The summed E-state index contributed by atoms with van der Waals surface area (Å²) in [6.45, 7) is 2.04. The van der Waals surface area contributed by atoms with Gasteiger partial charge in [0, 0.05) is 9.50 Å². The fourth-order valence-corrected chi connectivity index (χ4v) is 2.47. The van der Waals surface area contributed by atoms with E-state index in [9.17, 15) is 5.11 Å². The van der Waals surface area contributed by atoms with E-state index < -0.39 is 5.60 Å². The van der Waals surface area contributed by atoms with Crippen LogP contribution in [0.15, 0.2) is 22.7 Å². The highest BCUT2D eigenvalue weighted by Gasteiger charge is 2.51. The zero-order valence-electron chi connectivity index (χ0n) is 7.22. The molecule has 0 heterocycles. The molecule has 2 atom stereocenters. The summed E-state index contributed by atoms with van der Waals surface area (Å²) in [5, 5.41) is 10.7. The maximum Gasteiger partial charge on any atom is 0.0927 e. The summed E-state index contributed by atoms with van der Waals surface area (Å²) in [7, 11) is 0. The first-order valence-corrected chi connectivity index (χ1v) is 5.38. The van der Waals surface area contributed by atoms with Gasteiger partial charge in [-0.15, -0.1) is 0 Å². The van der Waals surface area contributed by atoms with Gasteiger partial charge in [-0.3, -0.25) is 0 Å². The molecule has 1 aromatic carbocycles. The predicted octanol–water partition coefficient (Wildman–Crippen LogP) is 3.33. The lowest BCUT2D eigenvalue weighted by molar-refractivity contribution is 0.134. The third kappa shape index (κ3) is 1.63. The van der Waals surface area contributed by atoms with Crippen molar-refractivity contribution in [3.8, 4) is 0 Å². The monoisotopic (exact) mass is 260 g/mol. The van der Waals surface area contributed by atoms with Crippen LogP contribution >= 0.6 is 27.5 Å². The van der Waals surface area contributed by atoms with E-state index in [1.165, 1.54) is 0 Å². The van der Waals surface area contributed by atoms with Crippen molar-refractivity contribution in [3.63, 3.8) is 0 Å². The molecule has 1 saturated carbocycles. The van der Waals surface area contributed by atoms with Crippen molar-refractivity contribution in [2.75, 3.05) is 0 Å². The van der Waals surface area contributed by atoms with Crippen molar-refractivity contribution < 1.29 is 5.11 Å². The smallest absolute Gasteiger partial charge is 0.0927 e. The SMILES string of the molecule is CC1CC1(O)c1cc(Cl)cc(Br)c1. The third-order valence-electron chi connectivity index (χ3n) is 2.63. The van der Waals surface area contributed by atoms with Crippen molar-refractivity contribution in [1.82, 2.24) is 0 Å². The second-order valence-corrected chi connectivity index (χ2v) is 5.04. The maximum absolute atomic E-state index is 10.0. The van der Waals surface area contributed by atoms with Gasteiger partial charge in [0.1, 0.15) is 0 Å². The Balaban J connectivity index is 2.42. The van der Waals surface area contributed by atoms with Crippen LogP contribution in [0.5, 0.6) is 0 Å². The highest BCUT2D eigenvalue weighted by Crippen LogP contribution is 2.52. The van der Waals surface area contributed by atoms with Gasteiger partial charge in [-0.2, -0.15) is 0 Å². The van der Waals surface area contributed by atoms with E-state index >= 15 is 0 Å². The van der Waals surface area contributed by atoms with Gasteiger partial charge in [0.25, 0.3) is 0 Å². The molecule has 2 unspecified atom stereocenters. The molecule has 0 radical (unpaired) electrons. The van der Waals surface area contributed by atoms with Gasteiger partial charge in [0.15, 0.2) is 0 Å². The van der Waals surface area contributed by atoms with Crippen molar-refractivity contribution in [3.05, 3.63) is 33.3 Å². The van der Waals surface area contributed by atoms with Crippen LogP contribution in [0.25, 0.3) is 0 Å². The second-order valence-electron chi connectivity index (χ2n) is 3.69. The summed E-state index contributed by atoms with van der Waals surface area (Å²) in [4.78, 5) is 0. The fourth-order valence-electron chi connectivity index (χ4n) is 1.61. The number of benzene rings is 1. The fraction of sp³-hybridized carbons (Fsp3) is 0.400. The Hall–Kier alpha value is -0.0500. The zero-order chi connectivity index (χ0) is 9.64. The highest BCUT2D eigenvalue weighted by molar-refractivity contribution is 9.10. The van der Waals surface area contributed by atoms with Gasteiger partial charge in [-0.05, 0) is 36.1 Å². The van der Waals surface area contributed by atoms with Crippen LogP contribution in [0.3, 0.4) is 0 Å². The normalized spacial score (nSPS) is 31.8. The van der Waals surface area contributed by atoms with Crippen molar-refractivity contribution in [2.24, 2.45) is 5.92 Å². The largest absolute Gasteiger partial charge is 0.385 e. The molecule has 1 N–H and O–H groups in total. The minimum absolute atomic E-state index is 0.345. The van der Waals surface area contributed by atoms with Crippen molar-refractivity contribution in [1.29, 1.82) is 0 Å². The van der Waals surface area contributed by atoms with Crippen molar-refractivity contribution in [2.45, 2.75) is 18.9 Å². The first-order valence-electron chi connectivity index (χ1n) is 4.21. The number of halogens is 2. The number of hydrogen-bond donors (Lipinski definition) is 1. The molecule has 1 aliphatic rings. The molecule has 2 rings (SSSR count). The molecule has 0 spiro atoms. The van der Waals surface area contributed by atoms with E-state index in [-0.39, 0.29) is 0 Å². The van der Waals surface area contributed by atoms with Crippen LogP contribution < -0.4 is 0 Å². The molecule has 0 aromatic heterocycles. The molecule has 0 aliphatic heterocycles. The summed E-state index contributed by atoms with van der Waals surface area (Å²) in [5.74, 6) is 0.345. The molecular formula is C10H10BrClO. The highest BCUT2D eigenvalue weighted by atomic mass is 79.9. The third-order valence-corrected chi connectivity index (χ3v) is 3.31. The maximum atomic E-state index is 10.0. The number of aliphatic hydroxyl groups is 1. The van der Waals surface area contributed by atoms with Gasteiger partial charge < -0.3 is 5.11 Å². The molecule has 70 valence electrons. The average Bonchev–Trinajstić information content (AvgIpc) is 2.59. The molecule has 1 aliphatic carbocycles.